The molecule has 0 atom stereocenters. The highest BCUT2D eigenvalue weighted by Crippen LogP contribution is 2.36. The van der Waals surface area contributed by atoms with Crippen LogP contribution in [0, 0.1) is 0 Å². The number of aryl methyl sites for hydroxylation is 1. The van der Waals surface area contributed by atoms with Crippen molar-refractivity contribution >= 4 is 27.3 Å². The molecule has 4 rings (SSSR count). The molecule has 0 unspecified atom stereocenters. The minimum absolute atomic E-state index is 0.0984. The fraction of sp³-hybridized carbons (Fsp3) is 0.316. The average molecular weight is 388 g/mol. The SMILES string of the molecule is CS(=O)(=O)N(CC(=O)N1CCCc2ccccc21)c1ccc2c(c1)OCO2. The summed E-state index contributed by atoms with van der Waals surface area (Å²) >= 11 is 0. The van der Waals surface area contributed by atoms with Gasteiger partial charge in [-0.2, -0.15) is 0 Å². The van der Waals surface area contributed by atoms with E-state index in [-0.39, 0.29) is 19.2 Å². The first kappa shape index (κ1) is 17.7. The molecule has 0 aromatic heterocycles. The number of fused-ring (bicyclic) bond motifs is 2. The molecule has 0 radical (unpaired) electrons. The summed E-state index contributed by atoms with van der Waals surface area (Å²) in [6.45, 7) is 0.405. The number of carbonyl (C=O) groups is 1. The number of hydrogen-bond donors (Lipinski definition) is 0. The van der Waals surface area contributed by atoms with E-state index in [4.69, 9.17) is 9.47 Å². The lowest BCUT2D eigenvalue weighted by atomic mass is 10.0. The number of hydrogen-bond acceptors (Lipinski definition) is 5. The Balaban J connectivity index is 1.63. The zero-order valence-corrected chi connectivity index (χ0v) is 15.7. The summed E-state index contributed by atoms with van der Waals surface area (Å²) in [7, 11) is -3.66. The molecule has 142 valence electrons. The molecule has 2 aromatic rings. The Kier molecular flexibility index (Phi) is 4.43. The molecule has 0 aliphatic carbocycles. The van der Waals surface area contributed by atoms with Crippen LogP contribution >= 0.6 is 0 Å². The topological polar surface area (TPSA) is 76.2 Å². The second kappa shape index (κ2) is 6.77. The zero-order chi connectivity index (χ0) is 19.0. The summed E-state index contributed by atoms with van der Waals surface area (Å²) in [4.78, 5) is 14.7. The van der Waals surface area contributed by atoms with Crippen LogP contribution in [0.2, 0.25) is 0 Å². The van der Waals surface area contributed by atoms with E-state index in [0.717, 1.165) is 34.7 Å². The maximum Gasteiger partial charge on any atom is 0.247 e. The van der Waals surface area contributed by atoms with Crippen LogP contribution in [0.5, 0.6) is 11.5 Å². The number of ether oxygens (including phenoxy) is 2. The molecular formula is C19H20N2O5S. The predicted octanol–water partition coefficient (Wildman–Crippen LogP) is 2.16. The van der Waals surface area contributed by atoms with Crippen molar-refractivity contribution in [1.29, 1.82) is 0 Å². The number of carbonyl (C=O) groups excluding carboxylic acids is 1. The lowest BCUT2D eigenvalue weighted by molar-refractivity contribution is -0.117. The molecular weight excluding hydrogens is 368 g/mol. The predicted molar refractivity (Wildman–Crippen MR) is 102 cm³/mol. The summed E-state index contributed by atoms with van der Waals surface area (Å²) in [6.07, 6.45) is 2.86. The largest absolute Gasteiger partial charge is 0.454 e. The molecule has 8 heteroatoms. The fourth-order valence-electron chi connectivity index (χ4n) is 3.44. The van der Waals surface area contributed by atoms with Gasteiger partial charge in [0.15, 0.2) is 11.5 Å². The second-order valence-corrected chi connectivity index (χ2v) is 8.49. The van der Waals surface area contributed by atoms with E-state index in [1.165, 1.54) is 0 Å². The third-order valence-electron chi connectivity index (χ3n) is 4.73. The summed E-state index contributed by atoms with van der Waals surface area (Å²) in [5.41, 5.74) is 2.33. The quantitative estimate of drug-likeness (QED) is 0.802. The third-order valence-corrected chi connectivity index (χ3v) is 5.88. The van der Waals surface area contributed by atoms with E-state index in [1.807, 2.05) is 24.3 Å². The molecule has 2 aliphatic rings. The summed E-state index contributed by atoms with van der Waals surface area (Å²) < 4.78 is 36.5. The number of amides is 1. The van der Waals surface area contributed by atoms with E-state index in [0.29, 0.717) is 23.7 Å². The Labute approximate surface area is 158 Å². The van der Waals surface area contributed by atoms with Crippen molar-refractivity contribution in [1.82, 2.24) is 0 Å². The molecule has 1 amide bonds. The van der Waals surface area contributed by atoms with Crippen molar-refractivity contribution in [2.75, 3.05) is 35.3 Å². The van der Waals surface area contributed by atoms with Crippen LogP contribution in [0.25, 0.3) is 0 Å². The van der Waals surface area contributed by atoms with Crippen LogP contribution in [0.15, 0.2) is 42.5 Å². The lowest BCUT2D eigenvalue weighted by Crippen LogP contribution is -2.44. The van der Waals surface area contributed by atoms with Crippen molar-refractivity contribution in [3.05, 3.63) is 48.0 Å². The Hall–Kier alpha value is -2.74. The zero-order valence-electron chi connectivity index (χ0n) is 14.9. The summed E-state index contributed by atoms with van der Waals surface area (Å²) in [5.74, 6) is 0.769. The first-order chi connectivity index (χ1) is 12.9. The smallest absolute Gasteiger partial charge is 0.247 e. The Morgan fingerprint density at radius 1 is 1.15 bits per heavy atom. The number of para-hydroxylation sites is 1. The minimum Gasteiger partial charge on any atom is -0.454 e. The number of anilines is 2. The van der Waals surface area contributed by atoms with Crippen LogP contribution in [0.3, 0.4) is 0 Å². The third kappa shape index (κ3) is 3.44. The monoisotopic (exact) mass is 388 g/mol. The molecule has 0 spiro atoms. The molecule has 7 nitrogen and oxygen atoms in total. The molecule has 0 fully saturated rings. The van der Waals surface area contributed by atoms with Gasteiger partial charge in [-0.1, -0.05) is 18.2 Å². The molecule has 0 N–H and O–H groups in total. The van der Waals surface area contributed by atoms with Crippen molar-refractivity contribution in [2.45, 2.75) is 12.8 Å². The molecule has 27 heavy (non-hydrogen) atoms. The van der Waals surface area contributed by atoms with Crippen molar-refractivity contribution in [3.63, 3.8) is 0 Å². The molecule has 2 aliphatic heterocycles. The van der Waals surface area contributed by atoms with Crippen LogP contribution in [-0.2, 0) is 21.2 Å². The highest BCUT2D eigenvalue weighted by molar-refractivity contribution is 7.92. The standard InChI is InChI=1S/C19H20N2O5S/c1-27(23,24)21(15-8-9-17-18(11-15)26-13-25-17)12-19(22)20-10-4-6-14-5-2-3-7-16(14)20/h2-3,5,7-9,11H,4,6,10,12-13H2,1H3. The van der Waals surface area contributed by atoms with E-state index in [1.54, 1.807) is 23.1 Å². The molecule has 2 heterocycles. The van der Waals surface area contributed by atoms with Gasteiger partial charge in [-0.3, -0.25) is 9.10 Å². The molecule has 2 aromatic carbocycles. The lowest BCUT2D eigenvalue weighted by Gasteiger charge is -2.31. The van der Waals surface area contributed by atoms with Crippen molar-refractivity contribution < 1.29 is 22.7 Å². The van der Waals surface area contributed by atoms with Gasteiger partial charge in [0.2, 0.25) is 22.7 Å². The Bertz CT molecular complexity index is 989. The van der Waals surface area contributed by atoms with Crippen molar-refractivity contribution in [2.24, 2.45) is 0 Å². The Morgan fingerprint density at radius 3 is 2.74 bits per heavy atom. The van der Waals surface area contributed by atoms with Gasteiger partial charge in [-0.05, 0) is 36.6 Å². The fourth-order valence-corrected chi connectivity index (χ4v) is 4.28. The first-order valence-corrected chi connectivity index (χ1v) is 10.5. The molecule has 0 bridgehead atoms. The first-order valence-electron chi connectivity index (χ1n) is 8.69. The van der Waals surface area contributed by atoms with Crippen LogP contribution in [0.4, 0.5) is 11.4 Å². The highest BCUT2D eigenvalue weighted by Gasteiger charge is 2.28. The van der Waals surface area contributed by atoms with E-state index >= 15 is 0 Å². The normalized spacial score (nSPS) is 15.4. The number of nitrogens with zero attached hydrogens (tertiary/aromatic N) is 2. The van der Waals surface area contributed by atoms with Gasteiger partial charge in [-0.15, -0.1) is 0 Å². The number of rotatable bonds is 4. The molecule has 0 saturated carbocycles. The maximum atomic E-state index is 13.0. The summed E-state index contributed by atoms with van der Waals surface area (Å²) in [6, 6.07) is 12.6. The summed E-state index contributed by atoms with van der Waals surface area (Å²) in [5, 5.41) is 0. The van der Waals surface area contributed by atoms with Crippen molar-refractivity contribution in [3.8, 4) is 11.5 Å². The van der Waals surface area contributed by atoms with E-state index in [2.05, 4.69) is 0 Å². The van der Waals surface area contributed by atoms with E-state index in [9.17, 15) is 13.2 Å². The van der Waals surface area contributed by atoms with Crippen LogP contribution < -0.4 is 18.7 Å². The van der Waals surface area contributed by atoms with Gasteiger partial charge in [-0.25, -0.2) is 8.42 Å². The van der Waals surface area contributed by atoms with Gasteiger partial charge < -0.3 is 14.4 Å². The van der Waals surface area contributed by atoms with Gasteiger partial charge in [0.25, 0.3) is 0 Å². The second-order valence-electron chi connectivity index (χ2n) is 6.58. The minimum atomic E-state index is -3.66. The van der Waals surface area contributed by atoms with Crippen LogP contribution in [0.1, 0.15) is 12.0 Å². The maximum absolute atomic E-state index is 13.0. The van der Waals surface area contributed by atoms with E-state index < -0.39 is 10.0 Å². The van der Waals surface area contributed by atoms with Gasteiger partial charge in [0, 0.05) is 18.3 Å². The number of sulfonamides is 1. The molecule has 0 saturated heterocycles. The van der Waals surface area contributed by atoms with Gasteiger partial charge >= 0.3 is 0 Å². The van der Waals surface area contributed by atoms with Gasteiger partial charge in [0.1, 0.15) is 6.54 Å². The van der Waals surface area contributed by atoms with Crippen LogP contribution in [-0.4, -0.2) is 40.5 Å². The van der Waals surface area contributed by atoms with Gasteiger partial charge in [0.05, 0.1) is 11.9 Å². The Morgan fingerprint density at radius 2 is 1.93 bits per heavy atom. The average Bonchev–Trinajstić information content (AvgIpc) is 3.12. The number of benzene rings is 2. The highest BCUT2D eigenvalue weighted by atomic mass is 32.2.